The van der Waals surface area contributed by atoms with Gasteiger partial charge in [-0.25, -0.2) is 4.98 Å². The molecule has 0 aromatic carbocycles. The van der Waals surface area contributed by atoms with Crippen molar-refractivity contribution in [2.75, 3.05) is 6.61 Å². The molecule has 1 N–H and O–H groups in total. The van der Waals surface area contributed by atoms with Gasteiger partial charge in [0.2, 0.25) is 0 Å². The molecule has 0 spiro atoms. The molecule has 13 heavy (non-hydrogen) atoms. The first-order chi connectivity index (χ1) is 6.40. The molecule has 1 atom stereocenters. The topological polar surface area (TPSA) is 74.6 Å². The van der Waals surface area contributed by atoms with Crippen LogP contribution in [0.25, 0.3) is 0 Å². The minimum absolute atomic E-state index is 0.0312. The molecule has 1 aromatic rings. The fraction of sp³-hybridized carbons (Fsp3) is 0.625. The van der Waals surface area contributed by atoms with Gasteiger partial charge in [-0.1, -0.05) is 0 Å². The summed E-state index contributed by atoms with van der Waals surface area (Å²) in [7, 11) is 0. The van der Waals surface area contributed by atoms with Gasteiger partial charge in [0.1, 0.15) is 11.9 Å². The maximum Gasteiger partial charge on any atom is 0.179 e. The van der Waals surface area contributed by atoms with Crippen molar-refractivity contribution in [1.82, 2.24) is 15.2 Å². The van der Waals surface area contributed by atoms with Gasteiger partial charge in [-0.2, -0.15) is 10.4 Å². The third kappa shape index (κ3) is 1.68. The zero-order chi connectivity index (χ0) is 9.10. The molecule has 5 heteroatoms. The number of nitrogens with one attached hydrogen (secondary N) is 1. The lowest BCUT2D eigenvalue weighted by Gasteiger charge is -2.01. The van der Waals surface area contributed by atoms with Crippen LogP contribution in [0.3, 0.4) is 0 Å². The minimum atomic E-state index is 0.0312. The second kappa shape index (κ2) is 3.54. The van der Waals surface area contributed by atoms with Crippen molar-refractivity contribution < 1.29 is 4.74 Å². The molecule has 0 bridgehead atoms. The van der Waals surface area contributed by atoms with Crippen molar-refractivity contribution in [2.24, 2.45) is 0 Å². The molecule has 1 aromatic heterocycles. The molecule has 1 fully saturated rings. The second-order valence-electron chi connectivity index (χ2n) is 2.98. The van der Waals surface area contributed by atoms with Crippen LogP contribution in [0.4, 0.5) is 0 Å². The molecule has 1 aliphatic heterocycles. The first kappa shape index (κ1) is 8.20. The summed E-state index contributed by atoms with van der Waals surface area (Å²) in [5, 5.41) is 15.1. The van der Waals surface area contributed by atoms with Crippen LogP contribution < -0.4 is 0 Å². The van der Waals surface area contributed by atoms with Gasteiger partial charge in [0, 0.05) is 6.61 Å². The van der Waals surface area contributed by atoms with E-state index in [9.17, 15) is 0 Å². The zero-order valence-corrected chi connectivity index (χ0v) is 7.16. The summed E-state index contributed by atoms with van der Waals surface area (Å²) in [6, 6.07) is 2.01. The number of hydrogen-bond acceptors (Lipinski definition) is 4. The summed E-state index contributed by atoms with van der Waals surface area (Å²) in [6.07, 6.45) is 2.35. The summed E-state index contributed by atoms with van der Waals surface area (Å²) in [5.74, 6) is 1.30. The van der Waals surface area contributed by atoms with Crippen molar-refractivity contribution >= 4 is 0 Å². The molecule has 68 valence electrons. The van der Waals surface area contributed by atoms with Crippen molar-refractivity contribution in [3.8, 4) is 6.07 Å². The van der Waals surface area contributed by atoms with Gasteiger partial charge in [-0.05, 0) is 12.8 Å². The summed E-state index contributed by atoms with van der Waals surface area (Å²) in [6.45, 7) is 0.785. The molecule has 0 radical (unpaired) electrons. The summed E-state index contributed by atoms with van der Waals surface area (Å²) in [5.41, 5.74) is 0. The molecule has 2 heterocycles. The molecular formula is C8H10N4O. The van der Waals surface area contributed by atoms with E-state index in [0.717, 1.165) is 19.4 Å². The summed E-state index contributed by atoms with van der Waals surface area (Å²) in [4.78, 5) is 4.17. The summed E-state index contributed by atoms with van der Waals surface area (Å²) < 4.78 is 5.40. The highest BCUT2D eigenvalue weighted by molar-refractivity contribution is 4.99. The highest BCUT2D eigenvalue weighted by Gasteiger charge is 2.21. The van der Waals surface area contributed by atoms with Gasteiger partial charge >= 0.3 is 0 Å². The van der Waals surface area contributed by atoms with E-state index in [1.165, 1.54) is 0 Å². The molecule has 1 saturated heterocycles. The van der Waals surface area contributed by atoms with Crippen LogP contribution in [0.5, 0.6) is 0 Å². The Bertz CT molecular complexity index is 321. The number of hydrogen-bond donors (Lipinski definition) is 1. The number of aromatic nitrogens is 3. The highest BCUT2D eigenvalue weighted by atomic mass is 16.5. The lowest BCUT2D eigenvalue weighted by Crippen LogP contribution is -1.98. The van der Waals surface area contributed by atoms with Crippen molar-refractivity contribution in [1.29, 1.82) is 5.26 Å². The third-order valence-electron chi connectivity index (χ3n) is 2.01. The van der Waals surface area contributed by atoms with E-state index < -0.39 is 0 Å². The fourth-order valence-electron chi connectivity index (χ4n) is 1.39. The van der Waals surface area contributed by atoms with Gasteiger partial charge in [-0.15, -0.1) is 0 Å². The maximum absolute atomic E-state index is 8.43. The van der Waals surface area contributed by atoms with Gasteiger partial charge < -0.3 is 4.74 Å². The quantitative estimate of drug-likeness (QED) is 0.724. The molecule has 0 aliphatic carbocycles. The van der Waals surface area contributed by atoms with E-state index >= 15 is 0 Å². The largest absolute Gasteiger partial charge is 0.370 e. The Hall–Kier alpha value is -1.41. The Morgan fingerprint density at radius 1 is 1.69 bits per heavy atom. The Morgan fingerprint density at radius 2 is 2.62 bits per heavy atom. The Balaban J connectivity index is 2.08. The van der Waals surface area contributed by atoms with Crippen molar-refractivity contribution in [3.05, 3.63) is 11.6 Å². The summed E-state index contributed by atoms with van der Waals surface area (Å²) >= 11 is 0. The van der Waals surface area contributed by atoms with Gasteiger partial charge in [0.25, 0.3) is 0 Å². The second-order valence-corrected chi connectivity index (χ2v) is 2.98. The zero-order valence-electron chi connectivity index (χ0n) is 7.16. The van der Waals surface area contributed by atoms with Gasteiger partial charge in [0.15, 0.2) is 5.82 Å². The molecule has 1 unspecified atom stereocenters. The third-order valence-corrected chi connectivity index (χ3v) is 2.01. The number of nitriles is 1. The smallest absolute Gasteiger partial charge is 0.179 e. The Morgan fingerprint density at radius 3 is 3.31 bits per heavy atom. The van der Waals surface area contributed by atoms with Gasteiger partial charge in [-0.3, -0.25) is 5.10 Å². The first-order valence-corrected chi connectivity index (χ1v) is 4.30. The van der Waals surface area contributed by atoms with Crippen LogP contribution in [0.2, 0.25) is 0 Å². The SMILES string of the molecule is N#CCc1nc(C2CCCO2)n[nH]1. The van der Waals surface area contributed by atoms with E-state index in [1.807, 2.05) is 6.07 Å². The number of rotatable bonds is 2. The lowest BCUT2D eigenvalue weighted by atomic mass is 10.2. The number of ether oxygens (including phenoxy) is 1. The number of nitrogens with zero attached hydrogens (tertiary/aromatic N) is 3. The molecule has 0 amide bonds. The van der Waals surface area contributed by atoms with Crippen LogP contribution in [0, 0.1) is 11.3 Å². The molecular weight excluding hydrogens is 168 g/mol. The van der Waals surface area contributed by atoms with Crippen molar-refractivity contribution in [3.63, 3.8) is 0 Å². The van der Waals surface area contributed by atoms with Crippen LogP contribution in [-0.4, -0.2) is 21.8 Å². The monoisotopic (exact) mass is 178 g/mol. The predicted octanol–water partition coefficient (Wildman–Crippen LogP) is 0.722. The van der Waals surface area contributed by atoms with E-state index in [0.29, 0.717) is 11.6 Å². The fourth-order valence-corrected chi connectivity index (χ4v) is 1.39. The Labute approximate surface area is 75.7 Å². The van der Waals surface area contributed by atoms with Crippen LogP contribution in [0.1, 0.15) is 30.6 Å². The molecule has 0 saturated carbocycles. The number of H-pyrrole nitrogens is 1. The van der Waals surface area contributed by atoms with Crippen LogP contribution in [-0.2, 0) is 11.2 Å². The van der Waals surface area contributed by atoms with E-state index in [2.05, 4.69) is 15.2 Å². The predicted molar refractivity (Wildman–Crippen MR) is 43.6 cm³/mol. The van der Waals surface area contributed by atoms with Crippen LogP contribution >= 0.6 is 0 Å². The average Bonchev–Trinajstić information content (AvgIpc) is 2.70. The lowest BCUT2D eigenvalue weighted by molar-refractivity contribution is 0.105. The molecule has 2 rings (SSSR count). The van der Waals surface area contributed by atoms with Crippen LogP contribution in [0.15, 0.2) is 0 Å². The van der Waals surface area contributed by atoms with Crippen molar-refractivity contribution in [2.45, 2.75) is 25.4 Å². The average molecular weight is 178 g/mol. The van der Waals surface area contributed by atoms with E-state index in [4.69, 9.17) is 10.00 Å². The molecule has 5 nitrogen and oxygen atoms in total. The van der Waals surface area contributed by atoms with Gasteiger partial charge in [0.05, 0.1) is 12.5 Å². The highest BCUT2D eigenvalue weighted by Crippen LogP contribution is 2.25. The minimum Gasteiger partial charge on any atom is -0.370 e. The first-order valence-electron chi connectivity index (χ1n) is 4.30. The Kier molecular flexibility index (Phi) is 2.23. The maximum atomic E-state index is 8.43. The normalized spacial score (nSPS) is 21.6. The number of aromatic amines is 1. The van der Waals surface area contributed by atoms with E-state index in [-0.39, 0.29) is 12.5 Å². The molecule has 1 aliphatic rings. The standard InChI is InChI=1S/C8H10N4O/c9-4-3-7-10-8(12-11-7)6-2-1-5-13-6/h6H,1-3,5H2,(H,10,11,12). The van der Waals surface area contributed by atoms with E-state index in [1.54, 1.807) is 0 Å².